The molecule has 0 saturated heterocycles. The average Bonchev–Trinajstić information content (AvgIpc) is 3.59. The number of benzene rings is 3. The molecule has 0 radical (unpaired) electrons. The Labute approximate surface area is 231 Å². The average molecular weight is 569 g/mol. The van der Waals surface area contributed by atoms with E-state index in [1.54, 1.807) is 18.2 Å². The van der Waals surface area contributed by atoms with Crippen LogP contribution >= 0.6 is 11.6 Å². The minimum Gasteiger partial charge on any atom is -0.455 e. The maximum atomic E-state index is 13.6. The Morgan fingerprint density at radius 3 is 2.64 bits per heavy atom. The molecule has 3 N–H and O–H groups in total. The SMILES string of the molecule is CNC(=O)c1c(-c2ccc(F)cc2)oc2cc(N(Cc3cc(Cl)c4c(c3)COB4O)S(=O)O)c(C3CC3)cc12. The highest BCUT2D eigenvalue weighted by Crippen LogP contribution is 2.48. The summed E-state index contributed by atoms with van der Waals surface area (Å²) in [4.78, 5) is 13.0. The van der Waals surface area contributed by atoms with Gasteiger partial charge in [0.2, 0.25) is 0 Å². The van der Waals surface area contributed by atoms with Gasteiger partial charge in [-0.15, -0.1) is 0 Å². The van der Waals surface area contributed by atoms with Gasteiger partial charge in [-0.3, -0.25) is 13.7 Å². The summed E-state index contributed by atoms with van der Waals surface area (Å²) in [7, 11) is 0.422. The minimum absolute atomic E-state index is 0.0469. The van der Waals surface area contributed by atoms with Crippen molar-refractivity contribution in [3.05, 3.63) is 81.6 Å². The zero-order valence-electron chi connectivity index (χ0n) is 20.7. The second-order valence-corrected chi connectivity index (χ2v) is 11.0. The third kappa shape index (κ3) is 4.74. The van der Waals surface area contributed by atoms with Crippen molar-refractivity contribution in [3.8, 4) is 11.3 Å². The molecule has 1 aliphatic heterocycles. The summed E-state index contributed by atoms with van der Waals surface area (Å²) in [6, 6.07) is 12.6. The van der Waals surface area contributed by atoms with Gasteiger partial charge < -0.3 is 19.4 Å². The van der Waals surface area contributed by atoms with E-state index < -0.39 is 24.2 Å². The molecule has 2 aliphatic rings. The van der Waals surface area contributed by atoms with Crippen LogP contribution in [0.1, 0.15) is 45.8 Å². The highest BCUT2D eigenvalue weighted by Gasteiger charge is 2.34. The number of anilines is 1. The minimum atomic E-state index is -2.41. The lowest BCUT2D eigenvalue weighted by Gasteiger charge is -2.23. The van der Waals surface area contributed by atoms with Gasteiger partial charge in [-0.25, -0.2) is 8.60 Å². The molecule has 8 nitrogen and oxygen atoms in total. The van der Waals surface area contributed by atoms with Crippen LogP contribution in [0.4, 0.5) is 10.1 Å². The second-order valence-electron chi connectivity index (χ2n) is 9.65. The summed E-state index contributed by atoms with van der Waals surface area (Å²) >= 11 is 4.00. The van der Waals surface area contributed by atoms with Crippen LogP contribution in [-0.4, -0.2) is 33.9 Å². The fraction of sp³-hybridized carbons (Fsp3) is 0.222. The second kappa shape index (κ2) is 10.1. The molecule has 200 valence electrons. The van der Waals surface area contributed by atoms with Crippen molar-refractivity contribution in [1.82, 2.24) is 5.32 Å². The Morgan fingerprint density at radius 2 is 1.97 bits per heavy atom. The van der Waals surface area contributed by atoms with Gasteiger partial charge in [0.05, 0.1) is 24.4 Å². The lowest BCUT2D eigenvalue weighted by Crippen LogP contribution is -2.30. The molecule has 1 aromatic heterocycles. The van der Waals surface area contributed by atoms with Gasteiger partial charge in [0.1, 0.15) is 17.2 Å². The molecule has 1 amide bonds. The standard InChI is InChI=1S/C27H23BClFN2O6S/c1-31-27(33)24-20-10-19(15-2-3-15)22(11-23(20)38-26(24)16-4-6-18(30)7-5-16)32(39(35)36)12-14-8-17-13-37-28(34)25(17)21(29)9-14/h4-11,15,34H,2-3,12-13H2,1H3,(H,31,33)(H,35,36). The Balaban J connectivity index is 1.49. The summed E-state index contributed by atoms with van der Waals surface area (Å²) < 4.78 is 49.5. The number of amides is 1. The first-order valence-corrected chi connectivity index (χ1v) is 13.8. The van der Waals surface area contributed by atoms with Crippen LogP contribution in [0, 0.1) is 5.82 Å². The zero-order valence-corrected chi connectivity index (χ0v) is 22.3. The summed E-state index contributed by atoms with van der Waals surface area (Å²) in [6.45, 7) is 0.234. The van der Waals surface area contributed by atoms with E-state index in [9.17, 15) is 23.0 Å². The summed E-state index contributed by atoms with van der Waals surface area (Å²) in [5.41, 5.74) is 4.41. The van der Waals surface area contributed by atoms with E-state index in [2.05, 4.69) is 5.32 Å². The first-order valence-electron chi connectivity index (χ1n) is 12.3. The van der Waals surface area contributed by atoms with Gasteiger partial charge in [-0.2, -0.15) is 0 Å². The zero-order chi connectivity index (χ0) is 27.4. The van der Waals surface area contributed by atoms with E-state index in [0.717, 1.165) is 24.0 Å². The number of hydrogen-bond donors (Lipinski definition) is 3. The largest absolute Gasteiger partial charge is 0.493 e. The lowest BCUT2D eigenvalue weighted by atomic mass is 9.79. The van der Waals surface area contributed by atoms with Gasteiger partial charge in [-0.05, 0) is 71.8 Å². The monoisotopic (exact) mass is 568 g/mol. The molecule has 12 heteroatoms. The van der Waals surface area contributed by atoms with Gasteiger partial charge in [0.25, 0.3) is 17.2 Å². The number of furan rings is 1. The summed E-state index contributed by atoms with van der Waals surface area (Å²) in [5.74, 6) is -0.334. The molecule has 4 aromatic rings. The normalized spacial score (nSPS) is 15.5. The van der Waals surface area contributed by atoms with Gasteiger partial charge in [-0.1, -0.05) is 17.7 Å². The molecule has 39 heavy (non-hydrogen) atoms. The van der Waals surface area contributed by atoms with Crippen molar-refractivity contribution in [3.63, 3.8) is 0 Å². The maximum absolute atomic E-state index is 13.6. The van der Waals surface area contributed by atoms with Crippen LogP contribution in [0.2, 0.25) is 5.02 Å². The predicted molar refractivity (Wildman–Crippen MR) is 148 cm³/mol. The highest BCUT2D eigenvalue weighted by atomic mass is 35.5. The number of rotatable bonds is 7. The van der Waals surface area contributed by atoms with Gasteiger partial charge in [0, 0.05) is 34.5 Å². The first-order chi connectivity index (χ1) is 18.7. The van der Waals surface area contributed by atoms with Crippen molar-refractivity contribution in [2.75, 3.05) is 11.4 Å². The summed E-state index contributed by atoms with van der Waals surface area (Å²) in [6.07, 6.45) is 1.81. The van der Waals surface area contributed by atoms with Crippen molar-refractivity contribution < 1.29 is 32.0 Å². The van der Waals surface area contributed by atoms with Gasteiger partial charge >= 0.3 is 7.12 Å². The Kier molecular flexibility index (Phi) is 6.72. The van der Waals surface area contributed by atoms with Crippen LogP contribution in [-0.2, 0) is 29.1 Å². The molecule has 0 spiro atoms. The molecule has 1 aliphatic carbocycles. The molecule has 6 rings (SSSR count). The fourth-order valence-corrected chi connectivity index (χ4v) is 6.05. The van der Waals surface area contributed by atoms with Crippen molar-refractivity contribution in [2.24, 2.45) is 0 Å². The topological polar surface area (TPSA) is 112 Å². The van der Waals surface area contributed by atoms with Crippen LogP contribution in [0.5, 0.6) is 0 Å². The fourth-order valence-electron chi connectivity index (χ4n) is 5.11. The van der Waals surface area contributed by atoms with Crippen LogP contribution < -0.4 is 15.1 Å². The molecule has 2 heterocycles. The van der Waals surface area contributed by atoms with Crippen LogP contribution in [0.3, 0.4) is 0 Å². The molecule has 3 aromatic carbocycles. The molecule has 1 atom stereocenters. The molecular weight excluding hydrogens is 546 g/mol. The van der Waals surface area contributed by atoms with Crippen molar-refractivity contribution in [1.29, 1.82) is 0 Å². The number of carbonyl (C=O) groups excluding carboxylic acids is 1. The number of nitrogens with one attached hydrogen (secondary N) is 1. The van der Waals surface area contributed by atoms with Crippen LogP contribution in [0.15, 0.2) is 52.9 Å². The number of carbonyl (C=O) groups is 1. The van der Waals surface area contributed by atoms with E-state index in [4.69, 9.17) is 20.7 Å². The number of halogens is 2. The Morgan fingerprint density at radius 1 is 1.23 bits per heavy atom. The summed E-state index contributed by atoms with van der Waals surface area (Å²) in [5, 5.41) is 13.6. The van der Waals surface area contributed by atoms with Crippen molar-refractivity contribution >= 4 is 58.0 Å². The molecular formula is C27H23BClFN2O6S. The third-order valence-electron chi connectivity index (χ3n) is 7.12. The van der Waals surface area contributed by atoms with Gasteiger partial charge in [0.15, 0.2) is 0 Å². The van der Waals surface area contributed by atoms with Crippen molar-refractivity contribution in [2.45, 2.75) is 31.9 Å². The number of nitrogens with zero attached hydrogens (tertiary/aromatic N) is 1. The van der Waals surface area contributed by atoms with E-state index in [-0.39, 0.29) is 30.7 Å². The Hall–Kier alpha value is -3.22. The quantitative estimate of drug-likeness (QED) is 0.224. The Bertz CT molecular complexity index is 1640. The van der Waals surface area contributed by atoms with E-state index in [1.807, 2.05) is 6.07 Å². The smallest absolute Gasteiger partial charge is 0.455 e. The molecule has 0 bridgehead atoms. The third-order valence-corrected chi connectivity index (χ3v) is 8.13. The highest BCUT2D eigenvalue weighted by molar-refractivity contribution is 7.80. The maximum Gasteiger partial charge on any atom is 0.493 e. The number of hydrogen-bond acceptors (Lipinski definition) is 5. The number of fused-ring (bicyclic) bond motifs is 2. The van der Waals surface area contributed by atoms with Crippen LogP contribution in [0.25, 0.3) is 22.3 Å². The molecule has 1 fully saturated rings. The lowest BCUT2D eigenvalue weighted by molar-refractivity contribution is 0.0964. The predicted octanol–water partition coefficient (Wildman–Crippen LogP) is 4.49. The first kappa shape index (κ1) is 26.0. The van der Waals surface area contributed by atoms with E-state index >= 15 is 0 Å². The molecule has 1 saturated carbocycles. The molecule has 1 unspecified atom stereocenters. The van der Waals surface area contributed by atoms with E-state index in [1.165, 1.54) is 35.6 Å². The van der Waals surface area contributed by atoms with E-state index in [0.29, 0.717) is 43.8 Å².